The Morgan fingerprint density at radius 2 is 1.96 bits per heavy atom. The summed E-state index contributed by atoms with van der Waals surface area (Å²) in [5, 5.41) is 6.04. The van der Waals surface area contributed by atoms with Gasteiger partial charge < -0.3 is 9.73 Å². The molecule has 1 saturated carbocycles. The normalized spacial score (nSPS) is 15.1. The van der Waals surface area contributed by atoms with E-state index in [1.807, 2.05) is 24.3 Å². The topological polar surface area (TPSA) is 92.9 Å². The van der Waals surface area contributed by atoms with Crippen molar-refractivity contribution in [1.82, 2.24) is 20.3 Å². The predicted octanol–water partition coefficient (Wildman–Crippen LogP) is 3.73. The summed E-state index contributed by atoms with van der Waals surface area (Å²) in [5.41, 5.74) is 2.57. The van der Waals surface area contributed by atoms with Crippen LogP contribution in [0.3, 0.4) is 0 Å². The summed E-state index contributed by atoms with van der Waals surface area (Å²) in [6.07, 6.45) is 7.24. The third-order valence-corrected chi connectivity index (χ3v) is 4.68. The van der Waals surface area contributed by atoms with Crippen LogP contribution in [0.1, 0.15) is 48.2 Å². The zero-order valence-corrected chi connectivity index (χ0v) is 14.7. The highest BCUT2D eigenvalue weighted by Gasteiger charge is 2.19. The van der Waals surface area contributed by atoms with Crippen molar-refractivity contribution in [1.29, 1.82) is 0 Å². The fraction of sp³-hybridized carbons (Fsp3) is 0.368. The van der Waals surface area contributed by atoms with Crippen molar-refractivity contribution in [3.63, 3.8) is 0 Å². The first-order valence-electron chi connectivity index (χ1n) is 8.96. The Hall–Kier alpha value is -2.96. The second kappa shape index (κ2) is 7.11. The second-order valence-corrected chi connectivity index (χ2v) is 6.61. The lowest BCUT2D eigenvalue weighted by atomic mass is 9.95. The Morgan fingerprint density at radius 1 is 1.15 bits per heavy atom. The number of carbonyl (C=O) groups is 1. The van der Waals surface area contributed by atoms with Crippen molar-refractivity contribution in [2.24, 2.45) is 0 Å². The molecule has 134 valence electrons. The summed E-state index contributed by atoms with van der Waals surface area (Å²) in [4.78, 5) is 25.4. The van der Waals surface area contributed by atoms with Gasteiger partial charge in [0.1, 0.15) is 5.52 Å². The maximum absolute atomic E-state index is 12.5. The Morgan fingerprint density at radius 3 is 2.73 bits per heavy atom. The Bertz CT molecular complexity index is 898. The average Bonchev–Trinajstić information content (AvgIpc) is 3.04. The summed E-state index contributed by atoms with van der Waals surface area (Å²) < 4.78 is 5.61. The monoisotopic (exact) mass is 351 g/mol. The molecule has 0 atom stereocenters. The number of hydrogen-bond donors (Lipinski definition) is 2. The second-order valence-electron chi connectivity index (χ2n) is 6.61. The number of benzene rings is 1. The Kier molecular flexibility index (Phi) is 4.51. The number of anilines is 2. The van der Waals surface area contributed by atoms with Gasteiger partial charge in [-0.3, -0.25) is 10.1 Å². The number of oxazole rings is 1. The first-order valence-corrected chi connectivity index (χ1v) is 8.96. The molecule has 2 aromatic heterocycles. The van der Waals surface area contributed by atoms with Gasteiger partial charge in [0, 0.05) is 12.2 Å². The molecule has 1 fully saturated rings. The van der Waals surface area contributed by atoms with Gasteiger partial charge in [-0.25, -0.2) is 9.97 Å². The fourth-order valence-corrected chi connectivity index (χ4v) is 3.28. The number of nitrogens with one attached hydrogen (secondary N) is 2. The summed E-state index contributed by atoms with van der Waals surface area (Å²) >= 11 is 0. The molecule has 0 unspecified atom stereocenters. The highest BCUT2D eigenvalue weighted by molar-refractivity contribution is 5.95. The zero-order valence-electron chi connectivity index (χ0n) is 14.7. The highest BCUT2D eigenvalue weighted by Crippen LogP contribution is 2.21. The van der Waals surface area contributed by atoms with E-state index >= 15 is 0 Å². The average molecular weight is 351 g/mol. The van der Waals surface area contributed by atoms with Gasteiger partial charge in [0.2, 0.25) is 5.95 Å². The quantitative estimate of drug-likeness (QED) is 0.744. The minimum Gasteiger partial charge on any atom is -0.423 e. The van der Waals surface area contributed by atoms with Crippen molar-refractivity contribution in [3.8, 4) is 0 Å². The molecule has 4 rings (SSSR count). The largest absolute Gasteiger partial charge is 0.423 e. The van der Waals surface area contributed by atoms with Gasteiger partial charge >= 0.3 is 6.01 Å². The first kappa shape index (κ1) is 16.5. The molecular formula is C19H21N5O2. The van der Waals surface area contributed by atoms with Crippen molar-refractivity contribution >= 4 is 29.0 Å². The van der Waals surface area contributed by atoms with Crippen LogP contribution >= 0.6 is 0 Å². The van der Waals surface area contributed by atoms with Crippen molar-refractivity contribution in [3.05, 3.63) is 41.7 Å². The van der Waals surface area contributed by atoms with E-state index in [1.54, 1.807) is 13.1 Å². The SMILES string of the molecule is Cc1nc(Nc2nc3ccccc3o2)ncc1C(=O)NC1CCCCC1. The molecule has 1 aromatic carbocycles. The number of hydrogen-bond acceptors (Lipinski definition) is 6. The zero-order chi connectivity index (χ0) is 17.9. The van der Waals surface area contributed by atoms with E-state index in [9.17, 15) is 4.79 Å². The molecule has 7 nitrogen and oxygen atoms in total. The lowest BCUT2D eigenvalue weighted by Crippen LogP contribution is -2.36. The third kappa shape index (κ3) is 3.51. The van der Waals surface area contributed by atoms with Crippen LogP contribution in [0.4, 0.5) is 12.0 Å². The smallest absolute Gasteiger partial charge is 0.302 e. The van der Waals surface area contributed by atoms with Crippen LogP contribution in [-0.2, 0) is 0 Å². The predicted molar refractivity (Wildman–Crippen MR) is 98.4 cm³/mol. The van der Waals surface area contributed by atoms with Crippen molar-refractivity contribution in [2.45, 2.75) is 45.1 Å². The van der Waals surface area contributed by atoms with Crippen molar-refractivity contribution in [2.75, 3.05) is 5.32 Å². The lowest BCUT2D eigenvalue weighted by Gasteiger charge is -2.22. The summed E-state index contributed by atoms with van der Waals surface area (Å²) in [7, 11) is 0. The third-order valence-electron chi connectivity index (χ3n) is 4.68. The van der Waals surface area contributed by atoms with Gasteiger partial charge in [-0.15, -0.1) is 0 Å². The number of para-hydroxylation sites is 2. The number of aromatic nitrogens is 3. The molecule has 0 bridgehead atoms. The molecule has 1 aliphatic carbocycles. The molecule has 0 aliphatic heterocycles. The summed E-state index contributed by atoms with van der Waals surface area (Å²) in [5.74, 6) is 0.242. The maximum atomic E-state index is 12.5. The van der Waals surface area contributed by atoms with Gasteiger partial charge in [-0.05, 0) is 31.9 Å². The van der Waals surface area contributed by atoms with E-state index in [2.05, 4.69) is 25.6 Å². The van der Waals surface area contributed by atoms with Gasteiger partial charge in [0.15, 0.2) is 5.58 Å². The maximum Gasteiger partial charge on any atom is 0.302 e. The number of nitrogens with zero attached hydrogens (tertiary/aromatic N) is 3. The van der Waals surface area contributed by atoms with E-state index in [0.717, 1.165) is 18.4 Å². The number of fused-ring (bicyclic) bond motifs is 1. The first-order chi connectivity index (χ1) is 12.7. The molecule has 0 saturated heterocycles. The van der Waals surface area contributed by atoms with Crippen LogP contribution in [0, 0.1) is 6.92 Å². The molecule has 0 spiro atoms. The van der Waals surface area contributed by atoms with E-state index in [4.69, 9.17) is 4.42 Å². The highest BCUT2D eigenvalue weighted by atomic mass is 16.4. The molecule has 7 heteroatoms. The van der Waals surface area contributed by atoms with E-state index in [-0.39, 0.29) is 11.9 Å². The van der Waals surface area contributed by atoms with E-state index in [1.165, 1.54) is 19.3 Å². The number of rotatable bonds is 4. The summed E-state index contributed by atoms with van der Waals surface area (Å²) in [6.45, 7) is 1.80. The van der Waals surface area contributed by atoms with Crippen LogP contribution in [-0.4, -0.2) is 26.9 Å². The van der Waals surface area contributed by atoms with Gasteiger partial charge in [0.25, 0.3) is 5.91 Å². The molecule has 0 radical (unpaired) electrons. The molecule has 2 heterocycles. The molecular weight excluding hydrogens is 330 g/mol. The number of aryl methyl sites for hydroxylation is 1. The van der Waals surface area contributed by atoms with Gasteiger partial charge in [-0.1, -0.05) is 31.4 Å². The lowest BCUT2D eigenvalue weighted by molar-refractivity contribution is 0.0926. The minimum absolute atomic E-state index is 0.109. The van der Waals surface area contributed by atoms with Crippen molar-refractivity contribution < 1.29 is 9.21 Å². The Labute approximate surface area is 151 Å². The number of amides is 1. The number of carbonyl (C=O) groups excluding carboxylic acids is 1. The molecule has 1 aliphatic rings. The van der Waals surface area contributed by atoms with Crippen LogP contribution in [0.2, 0.25) is 0 Å². The van der Waals surface area contributed by atoms with Crippen LogP contribution in [0.15, 0.2) is 34.9 Å². The minimum atomic E-state index is -0.109. The summed E-state index contributed by atoms with van der Waals surface area (Å²) in [6, 6.07) is 8.08. The van der Waals surface area contributed by atoms with E-state index < -0.39 is 0 Å². The molecule has 2 N–H and O–H groups in total. The molecule has 26 heavy (non-hydrogen) atoms. The fourth-order valence-electron chi connectivity index (χ4n) is 3.28. The molecule has 1 amide bonds. The van der Waals surface area contributed by atoms with E-state index in [0.29, 0.717) is 28.8 Å². The van der Waals surface area contributed by atoms with Crippen LogP contribution in [0.25, 0.3) is 11.1 Å². The standard InChI is InChI=1S/C19H21N5O2/c1-12-14(17(25)22-13-7-3-2-4-8-13)11-20-18(21-12)24-19-23-15-9-5-6-10-16(15)26-19/h5-6,9-11,13H,2-4,7-8H2,1H3,(H,22,25)(H,20,21,23,24). The van der Waals surface area contributed by atoms with Crippen LogP contribution in [0.5, 0.6) is 0 Å². The Balaban J connectivity index is 1.47. The van der Waals surface area contributed by atoms with Gasteiger partial charge in [-0.2, -0.15) is 4.98 Å². The van der Waals surface area contributed by atoms with Gasteiger partial charge in [0.05, 0.1) is 11.3 Å². The molecule has 3 aromatic rings. The van der Waals surface area contributed by atoms with Crippen LogP contribution < -0.4 is 10.6 Å².